The van der Waals surface area contributed by atoms with Crippen molar-refractivity contribution in [3.8, 4) is 5.69 Å². The lowest BCUT2D eigenvalue weighted by Gasteiger charge is -2.20. The molecule has 0 aliphatic rings. The number of nitrogens with one attached hydrogen (secondary N) is 1. The molecule has 138 valence electrons. The minimum atomic E-state index is -0.289. The Morgan fingerprint density at radius 2 is 1.74 bits per heavy atom. The summed E-state index contributed by atoms with van der Waals surface area (Å²) in [7, 11) is 0. The number of carbonyl (C=O) groups is 2. The van der Waals surface area contributed by atoms with Gasteiger partial charge in [0.05, 0.1) is 5.69 Å². The van der Waals surface area contributed by atoms with Gasteiger partial charge >= 0.3 is 0 Å². The molecule has 0 bridgehead atoms. The minimum absolute atomic E-state index is 0.000216. The molecule has 1 heterocycles. The zero-order valence-corrected chi connectivity index (χ0v) is 15.4. The van der Waals surface area contributed by atoms with Crippen LogP contribution in [0.5, 0.6) is 0 Å². The van der Waals surface area contributed by atoms with Crippen LogP contribution in [0.1, 0.15) is 29.9 Å². The molecule has 3 rings (SSSR count). The molecule has 0 unspecified atom stereocenters. The Kier molecular flexibility index (Phi) is 5.66. The summed E-state index contributed by atoms with van der Waals surface area (Å²) in [5.74, 6) is -0.289. The second kappa shape index (κ2) is 8.31. The highest BCUT2D eigenvalue weighted by Crippen LogP contribution is 2.18. The standard InChI is InChI=1S/C21H22N4O2/c1-3-24(16(2)26)15-17-9-7-8-12-19(17)22-21(27)20-13-14-25(23-20)18-10-5-4-6-11-18/h4-14H,3,15H2,1-2H3,(H,22,27). The number of nitrogens with zero attached hydrogens (tertiary/aromatic N) is 3. The molecule has 2 amide bonds. The minimum Gasteiger partial charge on any atom is -0.339 e. The Labute approximate surface area is 158 Å². The topological polar surface area (TPSA) is 67.2 Å². The van der Waals surface area contributed by atoms with Crippen molar-refractivity contribution in [3.05, 3.63) is 78.1 Å². The first kappa shape index (κ1) is 18.4. The van der Waals surface area contributed by atoms with Crippen molar-refractivity contribution in [1.82, 2.24) is 14.7 Å². The summed E-state index contributed by atoms with van der Waals surface area (Å²) in [4.78, 5) is 26.0. The number of amides is 2. The lowest BCUT2D eigenvalue weighted by molar-refractivity contribution is -0.129. The maximum Gasteiger partial charge on any atom is 0.276 e. The predicted molar refractivity (Wildman–Crippen MR) is 105 cm³/mol. The summed E-state index contributed by atoms with van der Waals surface area (Å²) in [6.45, 7) is 4.53. The fourth-order valence-electron chi connectivity index (χ4n) is 2.79. The number of para-hydroxylation sites is 2. The first-order valence-corrected chi connectivity index (χ1v) is 8.84. The van der Waals surface area contributed by atoms with E-state index in [4.69, 9.17) is 0 Å². The third-order valence-corrected chi connectivity index (χ3v) is 4.30. The molecule has 0 aliphatic heterocycles. The molecule has 0 saturated heterocycles. The van der Waals surface area contributed by atoms with E-state index in [0.29, 0.717) is 24.5 Å². The van der Waals surface area contributed by atoms with Gasteiger partial charge in [0, 0.05) is 31.9 Å². The van der Waals surface area contributed by atoms with Gasteiger partial charge in [-0.2, -0.15) is 5.10 Å². The highest BCUT2D eigenvalue weighted by atomic mass is 16.2. The number of rotatable bonds is 6. The van der Waals surface area contributed by atoms with Crippen molar-refractivity contribution in [2.75, 3.05) is 11.9 Å². The fourth-order valence-corrected chi connectivity index (χ4v) is 2.79. The van der Waals surface area contributed by atoms with Crippen LogP contribution < -0.4 is 5.32 Å². The quantitative estimate of drug-likeness (QED) is 0.730. The van der Waals surface area contributed by atoms with Crippen LogP contribution in [0.4, 0.5) is 5.69 Å². The van der Waals surface area contributed by atoms with Gasteiger partial charge in [0.1, 0.15) is 0 Å². The van der Waals surface area contributed by atoms with Crippen molar-refractivity contribution in [1.29, 1.82) is 0 Å². The van der Waals surface area contributed by atoms with Crippen LogP contribution in [0.15, 0.2) is 66.9 Å². The maximum atomic E-state index is 12.6. The molecule has 2 aromatic carbocycles. The first-order chi connectivity index (χ1) is 13.1. The molecule has 0 atom stereocenters. The average Bonchev–Trinajstić information content (AvgIpc) is 3.18. The number of carbonyl (C=O) groups excluding carboxylic acids is 2. The summed E-state index contributed by atoms with van der Waals surface area (Å²) < 4.78 is 1.66. The lowest BCUT2D eigenvalue weighted by Crippen LogP contribution is -2.28. The molecular weight excluding hydrogens is 340 g/mol. The van der Waals surface area contributed by atoms with Gasteiger partial charge in [-0.15, -0.1) is 0 Å². The Balaban J connectivity index is 1.77. The summed E-state index contributed by atoms with van der Waals surface area (Å²) in [5, 5.41) is 7.26. The van der Waals surface area contributed by atoms with E-state index in [1.165, 1.54) is 0 Å². The smallest absolute Gasteiger partial charge is 0.276 e. The summed E-state index contributed by atoms with van der Waals surface area (Å²) >= 11 is 0. The molecule has 0 aliphatic carbocycles. The molecular formula is C21H22N4O2. The third-order valence-electron chi connectivity index (χ3n) is 4.30. The largest absolute Gasteiger partial charge is 0.339 e. The number of hydrogen-bond acceptors (Lipinski definition) is 3. The highest BCUT2D eigenvalue weighted by molar-refractivity contribution is 6.03. The number of anilines is 1. The van der Waals surface area contributed by atoms with Crippen LogP contribution >= 0.6 is 0 Å². The van der Waals surface area contributed by atoms with Gasteiger partial charge in [-0.05, 0) is 36.8 Å². The maximum absolute atomic E-state index is 12.6. The Morgan fingerprint density at radius 1 is 1.04 bits per heavy atom. The van der Waals surface area contributed by atoms with Gasteiger partial charge in [-0.3, -0.25) is 9.59 Å². The molecule has 0 radical (unpaired) electrons. The summed E-state index contributed by atoms with van der Waals surface area (Å²) in [5.41, 5.74) is 2.77. The Morgan fingerprint density at radius 3 is 2.44 bits per heavy atom. The molecule has 0 fully saturated rings. The zero-order chi connectivity index (χ0) is 19.2. The van der Waals surface area contributed by atoms with Gasteiger partial charge in [-0.1, -0.05) is 36.4 Å². The fraction of sp³-hybridized carbons (Fsp3) is 0.190. The van der Waals surface area contributed by atoms with Crippen LogP contribution in [0.3, 0.4) is 0 Å². The molecule has 27 heavy (non-hydrogen) atoms. The van der Waals surface area contributed by atoms with Gasteiger partial charge in [0.2, 0.25) is 5.91 Å². The van der Waals surface area contributed by atoms with Crippen LogP contribution in [-0.2, 0) is 11.3 Å². The van der Waals surface area contributed by atoms with Crippen molar-refractivity contribution in [2.24, 2.45) is 0 Å². The van der Waals surface area contributed by atoms with E-state index in [-0.39, 0.29) is 11.8 Å². The third kappa shape index (κ3) is 4.41. The highest BCUT2D eigenvalue weighted by Gasteiger charge is 2.14. The van der Waals surface area contributed by atoms with Crippen LogP contribution in [0.2, 0.25) is 0 Å². The normalized spacial score (nSPS) is 10.4. The van der Waals surface area contributed by atoms with E-state index in [1.54, 1.807) is 28.8 Å². The molecule has 1 aromatic heterocycles. The number of hydrogen-bond donors (Lipinski definition) is 1. The summed E-state index contributed by atoms with van der Waals surface area (Å²) in [6, 6.07) is 18.8. The Hall–Kier alpha value is -3.41. The first-order valence-electron chi connectivity index (χ1n) is 8.84. The second-order valence-corrected chi connectivity index (χ2v) is 6.13. The van der Waals surface area contributed by atoms with E-state index in [0.717, 1.165) is 11.3 Å². The van der Waals surface area contributed by atoms with E-state index in [1.807, 2.05) is 61.5 Å². The monoisotopic (exact) mass is 362 g/mol. The predicted octanol–water partition coefficient (Wildman–Crippen LogP) is 3.49. The SMILES string of the molecule is CCN(Cc1ccccc1NC(=O)c1ccn(-c2ccccc2)n1)C(C)=O. The van der Waals surface area contributed by atoms with E-state index in [2.05, 4.69) is 10.4 Å². The molecule has 3 aromatic rings. The van der Waals surface area contributed by atoms with Gasteiger partial charge in [-0.25, -0.2) is 4.68 Å². The molecule has 0 spiro atoms. The van der Waals surface area contributed by atoms with Crippen LogP contribution in [-0.4, -0.2) is 33.0 Å². The number of benzene rings is 2. The van der Waals surface area contributed by atoms with Crippen LogP contribution in [0, 0.1) is 0 Å². The second-order valence-electron chi connectivity index (χ2n) is 6.13. The zero-order valence-electron chi connectivity index (χ0n) is 15.4. The summed E-state index contributed by atoms with van der Waals surface area (Å²) in [6.07, 6.45) is 1.75. The van der Waals surface area contributed by atoms with E-state index in [9.17, 15) is 9.59 Å². The van der Waals surface area contributed by atoms with Crippen molar-refractivity contribution >= 4 is 17.5 Å². The Bertz CT molecular complexity index is 934. The van der Waals surface area contributed by atoms with Crippen molar-refractivity contribution in [3.63, 3.8) is 0 Å². The van der Waals surface area contributed by atoms with Crippen LogP contribution in [0.25, 0.3) is 5.69 Å². The average molecular weight is 362 g/mol. The molecule has 1 N–H and O–H groups in total. The molecule has 6 heteroatoms. The van der Waals surface area contributed by atoms with Gasteiger partial charge < -0.3 is 10.2 Å². The number of aromatic nitrogens is 2. The van der Waals surface area contributed by atoms with Crippen molar-refractivity contribution < 1.29 is 9.59 Å². The lowest BCUT2D eigenvalue weighted by atomic mass is 10.1. The van der Waals surface area contributed by atoms with Gasteiger partial charge in [0.15, 0.2) is 5.69 Å². The molecule has 6 nitrogen and oxygen atoms in total. The van der Waals surface area contributed by atoms with E-state index < -0.39 is 0 Å². The van der Waals surface area contributed by atoms with E-state index >= 15 is 0 Å². The van der Waals surface area contributed by atoms with Gasteiger partial charge in [0.25, 0.3) is 5.91 Å². The van der Waals surface area contributed by atoms with Crippen molar-refractivity contribution in [2.45, 2.75) is 20.4 Å². The molecule has 0 saturated carbocycles.